The molecule has 1 aromatic rings. The van der Waals surface area contributed by atoms with Crippen molar-refractivity contribution in [3.63, 3.8) is 0 Å². The van der Waals surface area contributed by atoms with E-state index in [1.54, 1.807) is 0 Å². The third-order valence-corrected chi connectivity index (χ3v) is 3.19. The van der Waals surface area contributed by atoms with Crippen LogP contribution in [0.15, 0.2) is 19.6 Å². The second-order valence-electron chi connectivity index (χ2n) is 2.71. The van der Waals surface area contributed by atoms with Crippen molar-refractivity contribution in [1.29, 1.82) is 0 Å². The maximum atomic E-state index is 5.39. The van der Waals surface area contributed by atoms with E-state index in [2.05, 4.69) is 37.8 Å². The van der Waals surface area contributed by atoms with Crippen LogP contribution in [0.1, 0.15) is 5.76 Å². The van der Waals surface area contributed by atoms with Crippen LogP contribution in [0, 0.1) is 12.3 Å². The van der Waals surface area contributed by atoms with Crippen LogP contribution in [-0.2, 0) is 6.54 Å². The highest BCUT2D eigenvalue weighted by Gasteiger charge is 2.07. The van der Waals surface area contributed by atoms with E-state index in [0.29, 0.717) is 13.1 Å². The van der Waals surface area contributed by atoms with Crippen molar-refractivity contribution in [1.82, 2.24) is 4.90 Å². The summed E-state index contributed by atoms with van der Waals surface area (Å²) in [5, 5.41) is 0. The fourth-order valence-electron chi connectivity index (χ4n) is 0.947. The summed E-state index contributed by atoms with van der Waals surface area (Å²) in [6.07, 6.45) is 5.18. The predicted octanol–water partition coefficient (Wildman–Crippen LogP) is 2.87. The molecule has 0 saturated carbocycles. The van der Waals surface area contributed by atoms with Gasteiger partial charge in [0.1, 0.15) is 5.76 Å². The summed E-state index contributed by atoms with van der Waals surface area (Å²) in [5.41, 5.74) is 0. The molecule has 0 N–H and O–H groups in total. The van der Waals surface area contributed by atoms with Gasteiger partial charge < -0.3 is 4.42 Å². The van der Waals surface area contributed by atoms with Crippen LogP contribution >= 0.6 is 31.9 Å². The molecule has 0 radical (unpaired) electrons. The molecule has 4 heteroatoms. The fourth-order valence-corrected chi connectivity index (χ4v) is 1.61. The van der Waals surface area contributed by atoms with Gasteiger partial charge in [-0.25, -0.2) is 0 Å². The maximum Gasteiger partial charge on any atom is 0.183 e. The molecule has 1 heterocycles. The summed E-state index contributed by atoms with van der Waals surface area (Å²) >= 11 is 6.62. The Morgan fingerprint density at radius 2 is 2.31 bits per heavy atom. The van der Waals surface area contributed by atoms with Gasteiger partial charge in [0, 0.05) is 0 Å². The molecule has 1 rings (SSSR count). The number of rotatable bonds is 3. The molecule has 0 saturated heterocycles. The van der Waals surface area contributed by atoms with Gasteiger partial charge in [0.25, 0.3) is 0 Å². The SMILES string of the molecule is C#CCN(C)Cc1cc(Br)c(Br)o1. The van der Waals surface area contributed by atoms with E-state index in [1.807, 2.05) is 18.0 Å². The standard InChI is InChI=1S/C9H9Br2NO/c1-3-4-12(2)6-7-5-8(10)9(11)13-7/h1,5H,4,6H2,2H3. The minimum absolute atomic E-state index is 0.621. The third-order valence-electron chi connectivity index (χ3n) is 1.48. The Balaban J connectivity index is 2.60. The molecular weight excluding hydrogens is 298 g/mol. The minimum Gasteiger partial charge on any atom is -0.452 e. The van der Waals surface area contributed by atoms with E-state index in [4.69, 9.17) is 10.8 Å². The largest absolute Gasteiger partial charge is 0.452 e. The number of hydrogen-bond donors (Lipinski definition) is 0. The Morgan fingerprint density at radius 1 is 1.62 bits per heavy atom. The number of terminal acetylenes is 1. The van der Waals surface area contributed by atoms with Crippen molar-refractivity contribution in [2.75, 3.05) is 13.6 Å². The first-order valence-corrected chi connectivity index (χ1v) is 5.28. The molecule has 0 bridgehead atoms. The van der Waals surface area contributed by atoms with Gasteiger partial charge in [0.05, 0.1) is 17.6 Å². The zero-order valence-electron chi connectivity index (χ0n) is 7.18. The summed E-state index contributed by atoms with van der Waals surface area (Å²) in [6, 6.07) is 1.93. The molecule has 70 valence electrons. The molecule has 13 heavy (non-hydrogen) atoms. The topological polar surface area (TPSA) is 16.4 Å². The first kappa shape index (κ1) is 10.8. The van der Waals surface area contributed by atoms with Crippen molar-refractivity contribution in [2.45, 2.75) is 6.54 Å². The Hall–Kier alpha value is -0.240. The summed E-state index contributed by atoms with van der Waals surface area (Å²) in [5.74, 6) is 3.46. The molecule has 0 atom stereocenters. The average molecular weight is 307 g/mol. The molecule has 0 aliphatic rings. The number of nitrogens with zero attached hydrogens (tertiary/aromatic N) is 1. The molecule has 0 fully saturated rings. The lowest BCUT2D eigenvalue weighted by molar-refractivity contribution is 0.323. The van der Waals surface area contributed by atoms with Crippen LogP contribution in [0.2, 0.25) is 0 Å². The van der Waals surface area contributed by atoms with Crippen LogP contribution in [-0.4, -0.2) is 18.5 Å². The number of furan rings is 1. The molecule has 0 amide bonds. The van der Waals surface area contributed by atoms with E-state index >= 15 is 0 Å². The van der Waals surface area contributed by atoms with E-state index < -0.39 is 0 Å². The Labute approximate surface area is 94.5 Å². The molecule has 2 nitrogen and oxygen atoms in total. The number of halogens is 2. The first-order chi connectivity index (χ1) is 6.13. The van der Waals surface area contributed by atoms with Crippen LogP contribution in [0.3, 0.4) is 0 Å². The smallest absolute Gasteiger partial charge is 0.183 e. The van der Waals surface area contributed by atoms with Crippen molar-refractivity contribution < 1.29 is 4.42 Å². The normalized spacial score (nSPS) is 10.4. The molecule has 0 spiro atoms. The zero-order chi connectivity index (χ0) is 9.84. The van der Waals surface area contributed by atoms with E-state index in [9.17, 15) is 0 Å². The van der Waals surface area contributed by atoms with E-state index in [0.717, 1.165) is 14.9 Å². The van der Waals surface area contributed by atoms with Crippen molar-refractivity contribution in [2.24, 2.45) is 0 Å². The second-order valence-corrected chi connectivity index (χ2v) is 4.29. The Bertz CT molecular complexity index is 307. The summed E-state index contributed by atoms with van der Waals surface area (Å²) < 4.78 is 7.04. The summed E-state index contributed by atoms with van der Waals surface area (Å²) in [4.78, 5) is 2.00. The average Bonchev–Trinajstić information content (AvgIpc) is 2.31. The highest BCUT2D eigenvalue weighted by molar-refractivity contribution is 9.13. The lowest BCUT2D eigenvalue weighted by Crippen LogP contribution is -2.17. The van der Waals surface area contributed by atoms with Crippen LogP contribution in [0.5, 0.6) is 0 Å². The van der Waals surface area contributed by atoms with Gasteiger partial charge in [0.2, 0.25) is 0 Å². The van der Waals surface area contributed by atoms with Crippen LogP contribution < -0.4 is 0 Å². The first-order valence-electron chi connectivity index (χ1n) is 3.69. The molecular formula is C9H9Br2NO. The van der Waals surface area contributed by atoms with Crippen molar-refractivity contribution in [3.8, 4) is 12.3 Å². The van der Waals surface area contributed by atoms with Gasteiger partial charge in [0.15, 0.2) is 4.67 Å². The quantitative estimate of drug-likeness (QED) is 0.799. The van der Waals surface area contributed by atoms with Gasteiger partial charge in [-0.2, -0.15) is 0 Å². The summed E-state index contributed by atoms with van der Waals surface area (Å²) in [6.45, 7) is 1.34. The van der Waals surface area contributed by atoms with Crippen molar-refractivity contribution >= 4 is 31.9 Å². The van der Waals surface area contributed by atoms with Gasteiger partial charge in [-0.05, 0) is 45.0 Å². The highest BCUT2D eigenvalue weighted by atomic mass is 79.9. The van der Waals surface area contributed by atoms with Gasteiger partial charge >= 0.3 is 0 Å². The van der Waals surface area contributed by atoms with Crippen LogP contribution in [0.4, 0.5) is 0 Å². The predicted molar refractivity (Wildman–Crippen MR) is 59.3 cm³/mol. The van der Waals surface area contributed by atoms with Gasteiger partial charge in [-0.15, -0.1) is 6.42 Å². The molecule has 0 aromatic carbocycles. The van der Waals surface area contributed by atoms with Gasteiger partial charge in [-0.3, -0.25) is 4.90 Å². The van der Waals surface area contributed by atoms with Crippen molar-refractivity contribution in [3.05, 3.63) is 21.0 Å². The molecule has 1 aromatic heterocycles. The minimum atomic E-state index is 0.621. The lowest BCUT2D eigenvalue weighted by Gasteiger charge is -2.09. The van der Waals surface area contributed by atoms with Crippen LogP contribution in [0.25, 0.3) is 0 Å². The van der Waals surface area contributed by atoms with Gasteiger partial charge in [-0.1, -0.05) is 5.92 Å². The molecule has 0 aliphatic carbocycles. The molecule has 0 aliphatic heterocycles. The lowest BCUT2D eigenvalue weighted by atomic mass is 10.4. The van der Waals surface area contributed by atoms with E-state index in [1.165, 1.54) is 0 Å². The fraction of sp³-hybridized carbons (Fsp3) is 0.333. The second kappa shape index (κ2) is 4.85. The highest BCUT2D eigenvalue weighted by Crippen LogP contribution is 2.27. The Kier molecular flexibility index (Phi) is 4.04. The van der Waals surface area contributed by atoms with E-state index in [-0.39, 0.29) is 0 Å². The number of hydrogen-bond acceptors (Lipinski definition) is 2. The monoisotopic (exact) mass is 305 g/mol. The summed E-state index contributed by atoms with van der Waals surface area (Å²) in [7, 11) is 1.95. The molecule has 0 unspecified atom stereocenters. The third kappa shape index (κ3) is 3.18. The zero-order valence-corrected chi connectivity index (χ0v) is 10.4. The maximum absolute atomic E-state index is 5.39. The Morgan fingerprint density at radius 3 is 2.77 bits per heavy atom.